The van der Waals surface area contributed by atoms with Crippen LogP contribution in [-0.2, 0) is 21.9 Å². The summed E-state index contributed by atoms with van der Waals surface area (Å²) in [6.45, 7) is 8.74. The van der Waals surface area contributed by atoms with Crippen LogP contribution in [0.15, 0.2) is 29.2 Å². The molecule has 158 valence electrons. The maximum atomic E-state index is 13.7. The molecule has 0 N–H and O–H groups in total. The summed E-state index contributed by atoms with van der Waals surface area (Å²) < 4.78 is 30.1. The highest BCUT2D eigenvalue weighted by Gasteiger charge is 2.33. The van der Waals surface area contributed by atoms with Crippen molar-refractivity contribution in [1.82, 2.24) is 14.7 Å². The molecule has 3 rings (SSSR count). The third kappa shape index (κ3) is 4.17. The number of amides is 1. The van der Waals surface area contributed by atoms with Gasteiger partial charge in [-0.05, 0) is 50.3 Å². The summed E-state index contributed by atoms with van der Waals surface area (Å²) in [4.78, 5) is 14.8. The van der Waals surface area contributed by atoms with E-state index in [0.29, 0.717) is 36.1 Å². The van der Waals surface area contributed by atoms with E-state index in [0.717, 1.165) is 18.4 Å². The van der Waals surface area contributed by atoms with Crippen molar-refractivity contribution in [1.29, 1.82) is 0 Å². The van der Waals surface area contributed by atoms with Crippen molar-refractivity contribution in [2.24, 2.45) is 7.05 Å². The normalized spacial score (nSPS) is 14.6. The van der Waals surface area contributed by atoms with Crippen molar-refractivity contribution in [2.45, 2.75) is 51.3 Å². The van der Waals surface area contributed by atoms with E-state index in [1.807, 2.05) is 12.1 Å². The smallest absolute Gasteiger partial charge is 0.268 e. The first-order chi connectivity index (χ1) is 13.6. The molecular formula is C21H30N4O3S. The van der Waals surface area contributed by atoms with Gasteiger partial charge in [0.15, 0.2) is 0 Å². The first-order valence-corrected chi connectivity index (χ1v) is 11.5. The third-order valence-electron chi connectivity index (χ3n) is 5.58. The number of hydrogen-bond acceptors (Lipinski definition) is 4. The quantitative estimate of drug-likeness (QED) is 0.723. The van der Waals surface area contributed by atoms with E-state index < -0.39 is 10.0 Å². The number of rotatable bonds is 6. The number of nitrogens with zero attached hydrogens (tertiary/aromatic N) is 4. The Morgan fingerprint density at radius 3 is 2.21 bits per heavy atom. The Bertz CT molecular complexity index is 988. The van der Waals surface area contributed by atoms with Crippen LogP contribution in [0.1, 0.15) is 49.6 Å². The van der Waals surface area contributed by atoms with Crippen LogP contribution in [0.25, 0.3) is 0 Å². The lowest BCUT2D eigenvalue weighted by Crippen LogP contribution is -2.42. The van der Waals surface area contributed by atoms with Crippen molar-refractivity contribution in [3.63, 3.8) is 0 Å². The highest BCUT2D eigenvalue weighted by atomic mass is 32.2. The Kier molecular flexibility index (Phi) is 6.03. The van der Waals surface area contributed by atoms with Gasteiger partial charge < -0.3 is 4.90 Å². The summed E-state index contributed by atoms with van der Waals surface area (Å²) in [6, 6.07) is 7.41. The molecule has 29 heavy (non-hydrogen) atoms. The minimum absolute atomic E-state index is 0.168. The Morgan fingerprint density at radius 2 is 1.72 bits per heavy atom. The molecule has 1 aromatic heterocycles. The summed E-state index contributed by atoms with van der Waals surface area (Å²) in [5.41, 5.74) is 2.60. The van der Waals surface area contributed by atoms with Gasteiger partial charge >= 0.3 is 0 Å². The Hall–Kier alpha value is -2.35. The lowest BCUT2D eigenvalue weighted by Gasteiger charge is -2.27. The monoisotopic (exact) mass is 418 g/mol. The Balaban J connectivity index is 2.05. The minimum atomic E-state index is -3.95. The number of likely N-dealkylation sites (tertiary alicyclic amines) is 1. The van der Waals surface area contributed by atoms with Crippen molar-refractivity contribution in [3.05, 3.63) is 41.2 Å². The highest BCUT2D eigenvalue weighted by molar-refractivity contribution is 7.93. The third-order valence-corrected chi connectivity index (χ3v) is 7.60. The standard InChI is InChI=1S/C21H30N4O3S/c1-15(2)18-8-10-19(11-9-18)25(14-20(26)24-12-6-7-13-24)29(27,28)21-16(3)22-23(5)17(21)4/h8-11,15H,6-7,12-14H2,1-5H3. The van der Waals surface area contributed by atoms with E-state index >= 15 is 0 Å². The molecule has 0 radical (unpaired) electrons. The lowest BCUT2D eigenvalue weighted by molar-refractivity contribution is -0.128. The molecule has 1 saturated heterocycles. The second kappa shape index (κ2) is 8.18. The predicted molar refractivity (Wildman–Crippen MR) is 114 cm³/mol. The molecule has 7 nitrogen and oxygen atoms in total. The number of carbonyl (C=O) groups excluding carboxylic acids is 1. The van der Waals surface area contributed by atoms with Gasteiger partial charge in [-0.25, -0.2) is 8.42 Å². The van der Waals surface area contributed by atoms with E-state index in [4.69, 9.17) is 0 Å². The SMILES string of the molecule is Cc1nn(C)c(C)c1S(=O)(=O)N(CC(=O)N1CCCC1)c1ccc(C(C)C)cc1. The summed E-state index contributed by atoms with van der Waals surface area (Å²) in [7, 11) is -2.23. The molecule has 8 heteroatoms. The summed E-state index contributed by atoms with van der Waals surface area (Å²) in [6.07, 6.45) is 1.92. The van der Waals surface area contributed by atoms with E-state index in [1.165, 1.54) is 4.31 Å². The van der Waals surface area contributed by atoms with Gasteiger partial charge in [0.2, 0.25) is 5.91 Å². The van der Waals surface area contributed by atoms with Crippen LogP contribution in [-0.4, -0.2) is 48.6 Å². The van der Waals surface area contributed by atoms with Gasteiger partial charge in [-0.1, -0.05) is 26.0 Å². The van der Waals surface area contributed by atoms with Crippen LogP contribution < -0.4 is 4.31 Å². The number of hydrogen-bond donors (Lipinski definition) is 0. The fourth-order valence-corrected chi connectivity index (χ4v) is 5.59. The molecule has 0 aliphatic carbocycles. The minimum Gasteiger partial charge on any atom is -0.341 e. The molecule has 0 atom stereocenters. The molecule has 1 aromatic carbocycles. The van der Waals surface area contributed by atoms with Crippen LogP contribution in [0.4, 0.5) is 5.69 Å². The zero-order chi connectivity index (χ0) is 21.3. The van der Waals surface area contributed by atoms with Crippen molar-refractivity contribution < 1.29 is 13.2 Å². The molecule has 1 amide bonds. The van der Waals surface area contributed by atoms with Crippen LogP contribution in [0.5, 0.6) is 0 Å². The number of benzene rings is 1. The lowest BCUT2D eigenvalue weighted by atomic mass is 10.0. The number of sulfonamides is 1. The van der Waals surface area contributed by atoms with Gasteiger partial charge in [-0.2, -0.15) is 5.10 Å². The number of anilines is 1. The van der Waals surface area contributed by atoms with Crippen LogP contribution in [0.3, 0.4) is 0 Å². The van der Waals surface area contributed by atoms with Gasteiger partial charge in [0.25, 0.3) is 10.0 Å². The summed E-state index contributed by atoms with van der Waals surface area (Å²) in [5, 5.41) is 4.26. The van der Waals surface area contributed by atoms with Gasteiger partial charge in [-0.3, -0.25) is 13.8 Å². The Labute approximate surface area is 173 Å². The molecular weight excluding hydrogens is 388 g/mol. The van der Waals surface area contributed by atoms with Crippen molar-refractivity contribution in [2.75, 3.05) is 23.9 Å². The van der Waals surface area contributed by atoms with Crippen LogP contribution in [0, 0.1) is 13.8 Å². The van der Waals surface area contributed by atoms with Crippen molar-refractivity contribution >= 4 is 21.6 Å². The average Bonchev–Trinajstić information content (AvgIpc) is 3.28. The average molecular weight is 419 g/mol. The maximum Gasteiger partial charge on any atom is 0.268 e. The van der Waals surface area contributed by atoms with E-state index in [1.54, 1.807) is 42.6 Å². The largest absolute Gasteiger partial charge is 0.341 e. The van der Waals surface area contributed by atoms with Gasteiger partial charge in [0.1, 0.15) is 11.4 Å². The predicted octanol–water partition coefficient (Wildman–Crippen LogP) is 2.98. The summed E-state index contributed by atoms with van der Waals surface area (Å²) in [5.74, 6) is 0.168. The van der Waals surface area contributed by atoms with E-state index in [-0.39, 0.29) is 17.3 Å². The molecule has 1 fully saturated rings. The molecule has 0 spiro atoms. The Morgan fingerprint density at radius 1 is 1.14 bits per heavy atom. The van der Waals surface area contributed by atoms with Crippen LogP contribution in [0.2, 0.25) is 0 Å². The highest BCUT2D eigenvalue weighted by Crippen LogP contribution is 2.29. The summed E-state index contributed by atoms with van der Waals surface area (Å²) >= 11 is 0. The number of aromatic nitrogens is 2. The topological polar surface area (TPSA) is 75.5 Å². The molecule has 1 aliphatic heterocycles. The fourth-order valence-electron chi connectivity index (χ4n) is 3.77. The van der Waals surface area contributed by atoms with Crippen LogP contribution >= 0.6 is 0 Å². The molecule has 0 unspecified atom stereocenters. The first kappa shape index (κ1) is 21.4. The second-order valence-corrected chi connectivity index (χ2v) is 9.77. The van der Waals surface area contributed by atoms with E-state index in [9.17, 15) is 13.2 Å². The molecule has 0 saturated carbocycles. The number of aryl methyl sites for hydroxylation is 2. The second-order valence-electron chi connectivity index (χ2n) is 7.97. The maximum absolute atomic E-state index is 13.7. The van der Waals surface area contributed by atoms with Gasteiger partial charge in [0.05, 0.1) is 17.1 Å². The van der Waals surface area contributed by atoms with Gasteiger partial charge in [-0.15, -0.1) is 0 Å². The number of carbonyl (C=O) groups is 1. The van der Waals surface area contributed by atoms with Crippen molar-refractivity contribution in [3.8, 4) is 0 Å². The van der Waals surface area contributed by atoms with Gasteiger partial charge in [0, 0.05) is 20.1 Å². The fraction of sp³-hybridized carbons (Fsp3) is 0.524. The van der Waals surface area contributed by atoms with E-state index in [2.05, 4.69) is 18.9 Å². The molecule has 1 aliphatic rings. The zero-order valence-electron chi connectivity index (χ0n) is 17.8. The zero-order valence-corrected chi connectivity index (χ0v) is 18.7. The molecule has 2 heterocycles. The molecule has 2 aromatic rings. The first-order valence-electron chi connectivity index (χ1n) is 10.0. The molecule has 0 bridgehead atoms.